The maximum absolute atomic E-state index is 13.9. The summed E-state index contributed by atoms with van der Waals surface area (Å²) in [6, 6.07) is 12.8. The molecule has 0 N–H and O–H groups in total. The average Bonchev–Trinajstić information content (AvgIpc) is 2.79. The number of nitrogens with zero attached hydrogens (tertiary/aromatic N) is 2. The minimum atomic E-state index is -3.58. The monoisotopic (exact) mass is 568 g/mol. The third-order valence-corrected chi connectivity index (χ3v) is 9.82. The van der Waals surface area contributed by atoms with Gasteiger partial charge in [0.05, 0.1) is 23.0 Å². The molecule has 1 aliphatic rings. The topological polar surface area (TPSA) is 84.0 Å². The van der Waals surface area contributed by atoms with E-state index in [0.717, 1.165) is 5.56 Å². The molecule has 10 heteroatoms. The van der Waals surface area contributed by atoms with Crippen molar-refractivity contribution in [2.24, 2.45) is 0 Å². The lowest BCUT2D eigenvalue weighted by molar-refractivity contribution is -0.180. The Kier molecular flexibility index (Phi) is 9.00. The SMILES string of the molecule is CC(CS(=O)(=O)C(C)(C)C)N1C(=O)C(CC(=O)N(C)C)OC(c2cccc(Cl)c2)C1c1ccc(Cl)cc1. The number of sulfone groups is 1. The molecule has 0 bridgehead atoms. The van der Waals surface area contributed by atoms with Gasteiger partial charge in [-0.1, -0.05) is 47.5 Å². The van der Waals surface area contributed by atoms with E-state index in [1.165, 1.54) is 4.90 Å². The van der Waals surface area contributed by atoms with Gasteiger partial charge in [-0.05, 0) is 63.1 Å². The van der Waals surface area contributed by atoms with Crippen LogP contribution in [-0.4, -0.2) is 66.8 Å². The van der Waals surface area contributed by atoms with Crippen LogP contribution in [0.15, 0.2) is 48.5 Å². The van der Waals surface area contributed by atoms with Crippen molar-refractivity contribution in [3.63, 3.8) is 0 Å². The second-order valence-electron chi connectivity index (χ2n) is 10.6. The number of hydrogen-bond donors (Lipinski definition) is 0. The maximum Gasteiger partial charge on any atom is 0.253 e. The van der Waals surface area contributed by atoms with Gasteiger partial charge in [-0.2, -0.15) is 0 Å². The van der Waals surface area contributed by atoms with Gasteiger partial charge in [0.1, 0.15) is 12.2 Å². The number of carbonyl (C=O) groups excluding carboxylic acids is 2. The largest absolute Gasteiger partial charge is 0.357 e. The summed E-state index contributed by atoms with van der Waals surface area (Å²) < 4.78 is 31.7. The molecule has 7 nitrogen and oxygen atoms in total. The molecule has 0 spiro atoms. The van der Waals surface area contributed by atoms with E-state index in [0.29, 0.717) is 15.6 Å². The molecule has 2 aromatic carbocycles. The van der Waals surface area contributed by atoms with Gasteiger partial charge in [0.15, 0.2) is 9.84 Å². The Balaban J connectivity index is 2.18. The van der Waals surface area contributed by atoms with E-state index in [9.17, 15) is 18.0 Å². The van der Waals surface area contributed by atoms with Crippen LogP contribution in [0, 0.1) is 0 Å². The number of benzene rings is 2. The summed E-state index contributed by atoms with van der Waals surface area (Å²) in [5, 5.41) is 1.01. The number of rotatable bonds is 7. The highest BCUT2D eigenvalue weighted by Gasteiger charge is 2.48. The maximum atomic E-state index is 13.9. The smallest absolute Gasteiger partial charge is 0.253 e. The minimum Gasteiger partial charge on any atom is -0.357 e. The molecular weight excluding hydrogens is 535 g/mol. The van der Waals surface area contributed by atoms with Crippen LogP contribution in [0.3, 0.4) is 0 Å². The summed E-state index contributed by atoms with van der Waals surface area (Å²) in [7, 11) is -0.361. The quantitative estimate of drug-likeness (QED) is 0.464. The van der Waals surface area contributed by atoms with Crippen molar-refractivity contribution in [1.29, 1.82) is 0 Å². The first kappa shape index (κ1) is 29.4. The van der Waals surface area contributed by atoms with E-state index in [-0.39, 0.29) is 18.1 Å². The Hall–Kier alpha value is -2.13. The Morgan fingerprint density at radius 2 is 1.68 bits per heavy atom. The van der Waals surface area contributed by atoms with Gasteiger partial charge >= 0.3 is 0 Å². The Bertz CT molecular complexity index is 1240. The lowest BCUT2D eigenvalue weighted by Gasteiger charge is -2.47. The Morgan fingerprint density at radius 3 is 2.22 bits per heavy atom. The van der Waals surface area contributed by atoms with E-state index in [1.807, 2.05) is 6.07 Å². The minimum absolute atomic E-state index is 0.175. The van der Waals surface area contributed by atoms with Gasteiger partial charge < -0.3 is 14.5 Å². The summed E-state index contributed by atoms with van der Waals surface area (Å²) in [6.07, 6.45) is -1.98. The third kappa shape index (κ3) is 6.66. The molecule has 0 saturated carbocycles. The fourth-order valence-electron chi connectivity index (χ4n) is 4.31. The molecular formula is C27H34Cl2N2O5S. The number of carbonyl (C=O) groups is 2. The van der Waals surface area contributed by atoms with Gasteiger partial charge in [0.2, 0.25) is 5.91 Å². The molecule has 202 valence electrons. The highest BCUT2D eigenvalue weighted by molar-refractivity contribution is 7.92. The van der Waals surface area contributed by atoms with Crippen molar-refractivity contribution in [3.05, 3.63) is 69.7 Å². The second-order valence-corrected chi connectivity index (χ2v) is 14.2. The van der Waals surface area contributed by atoms with Gasteiger partial charge in [-0.25, -0.2) is 8.42 Å². The summed E-state index contributed by atoms with van der Waals surface area (Å²) in [4.78, 5) is 29.5. The van der Waals surface area contributed by atoms with Crippen molar-refractivity contribution < 1.29 is 22.7 Å². The fraction of sp³-hybridized carbons (Fsp3) is 0.481. The van der Waals surface area contributed by atoms with Crippen LogP contribution in [0.2, 0.25) is 10.0 Å². The van der Waals surface area contributed by atoms with Crippen molar-refractivity contribution >= 4 is 44.9 Å². The summed E-state index contributed by atoms with van der Waals surface area (Å²) in [6.45, 7) is 6.63. The first-order valence-electron chi connectivity index (χ1n) is 12.0. The van der Waals surface area contributed by atoms with Crippen LogP contribution in [0.4, 0.5) is 0 Å². The highest BCUT2D eigenvalue weighted by atomic mass is 35.5. The van der Waals surface area contributed by atoms with E-state index >= 15 is 0 Å². The first-order chi connectivity index (χ1) is 17.1. The van der Waals surface area contributed by atoms with Crippen LogP contribution in [0.1, 0.15) is 57.4 Å². The molecule has 2 aromatic rings. The van der Waals surface area contributed by atoms with Crippen molar-refractivity contribution in [3.8, 4) is 0 Å². The van der Waals surface area contributed by atoms with Gasteiger partial charge in [0, 0.05) is 30.2 Å². The molecule has 1 heterocycles. The Morgan fingerprint density at radius 1 is 1.05 bits per heavy atom. The van der Waals surface area contributed by atoms with Crippen molar-refractivity contribution in [1.82, 2.24) is 9.80 Å². The van der Waals surface area contributed by atoms with Crippen LogP contribution in [0.5, 0.6) is 0 Å². The first-order valence-corrected chi connectivity index (χ1v) is 14.4. The number of hydrogen-bond acceptors (Lipinski definition) is 5. The third-order valence-electron chi connectivity index (χ3n) is 6.54. The second kappa shape index (κ2) is 11.3. The van der Waals surface area contributed by atoms with E-state index in [2.05, 4.69) is 0 Å². The standard InChI is InChI=1S/C27H34Cl2N2O5S/c1-17(16-37(34,35)27(2,3)4)31-24(18-10-12-20(28)13-11-18)25(19-8-7-9-21(29)14-19)36-22(26(31)33)15-23(32)30(5)6/h7-14,17,22,24-25H,15-16H2,1-6H3. The fourth-order valence-corrected chi connectivity index (χ4v) is 5.93. The highest BCUT2D eigenvalue weighted by Crippen LogP contribution is 2.44. The lowest BCUT2D eigenvalue weighted by Crippen LogP contribution is -2.56. The summed E-state index contributed by atoms with van der Waals surface area (Å²) in [5.74, 6) is -0.962. The predicted octanol–water partition coefficient (Wildman–Crippen LogP) is 5.08. The van der Waals surface area contributed by atoms with E-state index in [4.69, 9.17) is 27.9 Å². The van der Waals surface area contributed by atoms with Crippen molar-refractivity contribution in [2.45, 2.75) is 63.2 Å². The molecule has 1 aliphatic heterocycles. The molecule has 0 radical (unpaired) electrons. The van der Waals surface area contributed by atoms with Gasteiger partial charge in [-0.15, -0.1) is 0 Å². The van der Waals surface area contributed by atoms with E-state index < -0.39 is 44.8 Å². The van der Waals surface area contributed by atoms with Crippen LogP contribution in [-0.2, 0) is 24.2 Å². The zero-order chi connectivity index (χ0) is 27.7. The Labute approximate surface area is 229 Å². The van der Waals surface area contributed by atoms with Gasteiger partial charge in [-0.3, -0.25) is 9.59 Å². The van der Waals surface area contributed by atoms with Crippen LogP contribution >= 0.6 is 23.2 Å². The summed E-state index contributed by atoms with van der Waals surface area (Å²) >= 11 is 12.5. The molecule has 1 fully saturated rings. The van der Waals surface area contributed by atoms with E-state index in [1.54, 1.807) is 89.2 Å². The number of ether oxygens (including phenoxy) is 1. The number of amides is 2. The molecule has 4 atom stereocenters. The molecule has 0 aromatic heterocycles. The lowest BCUT2D eigenvalue weighted by atomic mass is 9.90. The molecule has 2 amide bonds. The van der Waals surface area contributed by atoms with Crippen LogP contribution in [0.25, 0.3) is 0 Å². The van der Waals surface area contributed by atoms with Gasteiger partial charge in [0.25, 0.3) is 5.91 Å². The molecule has 1 saturated heterocycles. The molecule has 0 aliphatic carbocycles. The molecule has 4 unspecified atom stereocenters. The molecule has 3 rings (SSSR count). The number of halogens is 2. The molecule has 37 heavy (non-hydrogen) atoms. The predicted molar refractivity (Wildman–Crippen MR) is 146 cm³/mol. The summed E-state index contributed by atoms with van der Waals surface area (Å²) in [5.41, 5.74) is 1.43. The zero-order valence-corrected chi connectivity index (χ0v) is 24.3. The normalized spacial score (nSPS) is 21.6. The zero-order valence-electron chi connectivity index (χ0n) is 21.9. The van der Waals surface area contributed by atoms with Crippen molar-refractivity contribution in [2.75, 3.05) is 19.8 Å². The van der Waals surface area contributed by atoms with Crippen LogP contribution < -0.4 is 0 Å². The average molecular weight is 570 g/mol. The number of morpholine rings is 1.